The summed E-state index contributed by atoms with van der Waals surface area (Å²) in [7, 11) is 0. The van der Waals surface area contributed by atoms with Gasteiger partial charge in [0.1, 0.15) is 0 Å². The number of hydrogen-bond donors (Lipinski definition) is 1. The van der Waals surface area contributed by atoms with Gasteiger partial charge in [-0.15, -0.1) is 11.3 Å². The van der Waals surface area contributed by atoms with Crippen molar-refractivity contribution in [1.82, 2.24) is 19.9 Å². The molecule has 3 heterocycles. The largest absolute Gasteiger partial charge is 0.434 e. The molecule has 0 spiro atoms. The van der Waals surface area contributed by atoms with Crippen LogP contribution < -0.4 is 5.32 Å². The maximum atomic E-state index is 12.9. The van der Waals surface area contributed by atoms with Gasteiger partial charge in [-0.25, -0.2) is 9.97 Å². The highest BCUT2D eigenvalue weighted by molar-refractivity contribution is 7.13. The predicted molar refractivity (Wildman–Crippen MR) is 80.2 cm³/mol. The number of ether oxygens (including phenoxy) is 1. The Labute approximate surface area is 135 Å². The zero-order valence-electron chi connectivity index (χ0n) is 12.5. The minimum Gasteiger partial charge on any atom is -0.373 e. The van der Waals surface area contributed by atoms with E-state index in [9.17, 15) is 13.2 Å². The van der Waals surface area contributed by atoms with Crippen molar-refractivity contribution in [2.24, 2.45) is 0 Å². The monoisotopic (exact) mass is 346 g/mol. The van der Waals surface area contributed by atoms with Gasteiger partial charge >= 0.3 is 6.18 Å². The molecule has 2 atom stereocenters. The van der Waals surface area contributed by atoms with Gasteiger partial charge in [-0.05, 0) is 13.3 Å². The Kier molecular flexibility index (Phi) is 4.69. The lowest BCUT2D eigenvalue weighted by atomic mass is 10.2. The van der Waals surface area contributed by atoms with Crippen molar-refractivity contribution >= 4 is 11.3 Å². The molecular weight excluding hydrogens is 329 g/mol. The van der Waals surface area contributed by atoms with Crippen LogP contribution in [0.4, 0.5) is 13.2 Å². The number of hydrogen-bond acceptors (Lipinski definition) is 5. The third-order valence-corrected chi connectivity index (χ3v) is 4.38. The van der Waals surface area contributed by atoms with Gasteiger partial charge < -0.3 is 14.6 Å². The smallest absolute Gasteiger partial charge is 0.373 e. The summed E-state index contributed by atoms with van der Waals surface area (Å²) >= 11 is 1.27. The highest BCUT2D eigenvalue weighted by Crippen LogP contribution is 2.31. The summed E-state index contributed by atoms with van der Waals surface area (Å²) in [6, 6.07) is 0. The number of halogens is 3. The number of nitrogens with one attached hydrogen (secondary N) is 1. The van der Waals surface area contributed by atoms with Gasteiger partial charge in [0.15, 0.2) is 16.5 Å². The molecule has 0 aliphatic carbocycles. The summed E-state index contributed by atoms with van der Waals surface area (Å²) in [5.74, 6) is 0.254. The molecule has 0 bridgehead atoms. The fraction of sp³-hybridized carbons (Fsp3) is 0.571. The van der Waals surface area contributed by atoms with Crippen molar-refractivity contribution in [1.29, 1.82) is 0 Å². The summed E-state index contributed by atoms with van der Waals surface area (Å²) in [6.45, 7) is 3.87. The van der Waals surface area contributed by atoms with Crippen LogP contribution in [-0.2, 0) is 17.5 Å². The molecule has 2 aromatic rings. The molecule has 2 unspecified atom stereocenters. The molecule has 0 amide bonds. The van der Waals surface area contributed by atoms with Gasteiger partial charge in [-0.2, -0.15) is 13.2 Å². The van der Waals surface area contributed by atoms with Gasteiger partial charge in [0, 0.05) is 37.4 Å². The predicted octanol–water partition coefficient (Wildman–Crippen LogP) is 2.79. The highest BCUT2D eigenvalue weighted by atomic mass is 32.1. The van der Waals surface area contributed by atoms with Gasteiger partial charge in [0.05, 0.1) is 12.2 Å². The van der Waals surface area contributed by atoms with Gasteiger partial charge in [-0.3, -0.25) is 0 Å². The van der Waals surface area contributed by atoms with Crippen LogP contribution in [0.5, 0.6) is 0 Å². The Hall–Kier alpha value is -1.45. The van der Waals surface area contributed by atoms with E-state index < -0.39 is 11.9 Å². The highest BCUT2D eigenvalue weighted by Gasteiger charge is 2.35. The number of thiazole rings is 1. The third kappa shape index (κ3) is 3.91. The molecular formula is C14H17F3N4OS. The number of rotatable bonds is 4. The Morgan fingerprint density at radius 2 is 2.26 bits per heavy atom. The standard InChI is InChI=1S/C14H17F3N4OS/c1-9-6-18-7-10(22-9)2-4-21-8-11(14(15,16)17)20-12(21)13-19-3-5-23-13/h3,5,8-10,18H,2,4,6-7H2,1H3. The van der Waals surface area contributed by atoms with Crippen molar-refractivity contribution in [2.75, 3.05) is 13.1 Å². The molecule has 1 fully saturated rings. The first-order valence-electron chi connectivity index (χ1n) is 7.34. The molecule has 126 valence electrons. The molecule has 9 heteroatoms. The Bertz CT molecular complexity index is 641. The summed E-state index contributed by atoms with van der Waals surface area (Å²) in [6.07, 6.45) is -1.14. The Balaban J connectivity index is 1.78. The van der Waals surface area contributed by atoms with E-state index >= 15 is 0 Å². The second kappa shape index (κ2) is 6.58. The first kappa shape index (κ1) is 16.4. The number of morpholine rings is 1. The molecule has 3 rings (SSSR count). The van der Waals surface area contributed by atoms with Crippen molar-refractivity contribution in [2.45, 2.75) is 38.3 Å². The molecule has 23 heavy (non-hydrogen) atoms. The van der Waals surface area contributed by atoms with Crippen LogP contribution in [0.1, 0.15) is 19.0 Å². The van der Waals surface area contributed by atoms with E-state index in [1.54, 1.807) is 11.6 Å². The second-order valence-electron chi connectivity index (χ2n) is 5.49. The lowest BCUT2D eigenvalue weighted by Crippen LogP contribution is -2.43. The van der Waals surface area contributed by atoms with E-state index in [-0.39, 0.29) is 18.0 Å². The molecule has 0 aromatic carbocycles. The van der Waals surface area contributed by atoms with Crippen molar-refractivity contribution < 1.29 is 17.9 Å². The summed E-state index contributed by atoms with van der Waals surface area (Å²) < 4.78 is 46.1. The number of aromatic nitrogens is 3. The molecule has 5 nitrogen and oxygen atoms in total. The molecule has 1 saturated heterocycles. The van der Waals surface area contributed by atoms with Gasteiger partial charge in [0.25, 0.3) is 0 Å². The van der Waals surface area contributed by atoms with Crippen molar-refractivity contribution in [3.05, 3.63) is 23.5 Å². The maximum absolute atomic E-state index is 12.9. The maximum Gasteiger partial charge on any atom is 0.434 e. The van der Waals surface area contributed by atoms with E-state index in [0.717, 1.165) is 12.7 Å². The fourth-order valence-corrected chi connectivity index (χ4v) is 3.19. The lowest BCUT2D eigenvalue weighted by molar-refractivity contribution is -0.140. The third-order valence-electron chi connectivity index (χ3n) is 3.61. The first-order chi connectivity index (χ1) is 10.9. The zero-order valence-corrected chi connectivity index (χ0v) is 13.3. The Morgan fingerprint density at radius 3 is 2.91 bits per heavy atom. The Morgan fingerprint density at radius 1 is 1.43 bits per heavy atom. The van der Waals surface area contributed by atoms with E-state index in [4.69, 9.17) is 4.74 Å². The minimum atomic E-state index is -4.46. The summed E-state index contributed by atoms with van der Waals surface area (Å²) in [5, 5.41) is 5.45. The van der Waals surface area contributed by atoms with Crippen LogP contribution in [0, 0.1) is 0 Å². The van der Waals surface area contributed by atoms with Crippen LogP contribution in [0.25, 0.3) is 10.8 Å². The summed E-state index contributed by atoms with van der Waals surface area (Å²) in [5.41, 5.74) is -0.890. The second-order valence-corrected chi connectivity index (χ2v) is 6.39. The SMILES string of the molecule is CC1CNCC(CCn2cc(C(F)(F)F)nc2-c2nccs2)O1. The minimum absolute atomic E-state index is 0.0142. The molecule has 1 N–H and O–H groups in total. The number of nitrogens with zero attached hydrogens (tertiary/aromatic N) is 3. The topological polar surface area (TPSA) is 52.0 Å². The molecule has 1 aliphatic rings. The molecule has 2 aromatic heterocycles. The van der Waals surface area contributed by atoms with Gasteiger partial charge in [-0.1, -0.05) is 0 Å². The number of imidazole rings is 1. The van der Waals surface area contributed by atoms with Crippen LogP contribution >= 0.6 is 11.3 Å². The van der Waals surface area contributed by atoms with Crippen molar-refractivity contribution in [3.63, 3.8) is 0 Å². The molecule has 0 radical (unpaired) electrons. The van der Waals surface area contributed by atoms with E-state index in [1.165, 1.54) is 15.9 Å². The first-order valence-corrected chi connectivity index (χ1v) is 8.22. The number of aryl methyl sites for hydroxylation is 1. The van der Waals surface area contributed by atoms with Crippen LogP contribution in [0.2, 0.25) is 0 Å². The molecule has 0 saturated carbocycles. The average molecular weight is 346 g/mol. The van der Waals surface area contributed by atoms with E-state index in [1.807, 2.05) is 6.92 Å². The summed E-state index contributed by atoms with van der Waals surface area (Å²) in [4.78, 5) is 7.81. The zero-order chi connectivity index (χ0) is 16.4. The fourth-order valence-electron chi connectivity index (χ4n) is 2.55. The normalized spacial score (nSPS) is 22.4. The lowest BCUT2D eigenvalue weighted by Gasteiger charge is -2.28. The van der Waals surface area contributed by atoms with E-state index in [0.29, 0.717) is 24.5 Å². The average Bonchev–Trinajstić information content (AvgIpc) is 3.13. The number of alkyl halides is 3. The van der Waals surface area contributed by atoms with E-state index in [2.05, 4.69) is 15.3 Å². The quantitative estimate of drug-likeness (QED) is 0.925. The van der Waals surface area contributed by atoms with Gasteiger partial charge in [0.2, 0.25) is 0 Å². The van der Waals surface area contributed by atoms with Crippen LogP contribution in [-0.4, -0.2) is 39.8 Å². The van der Waals surface area contributed by atoms with Crippen LogP contribution in [0.3, 0.4) is 0 Å². The van der Waals surface area contributed by atoms with Crippen molar-refractivity contribution in [3.8, 4) is 10.8 Å². The van der Waals surface area contributed by atoms with Crippen LogP contribution in [0.15, 0.2) is 17.8 Å². The molecule has 1 aliphatic heterocycles.